The second kappa shape index (κ2) is 5.13. The lowest BCUT2D eigenvalue weighted by Crippen LogP contribution is -2.01. The van der Waals surface area contributed by atoms with Crippen LogP contribution in [0.5, 0.6) is 0 Å². The lowest BCUT2D eigenvalue weighted by molar-refractivity contribution is 0.199. The van der Waals surface area contributed by atoms with E-state index >= 15 is 0 Å². The molecule has 2 aromatic carbocycles. The Labute approximate surface area is 102 Å². The van der Waals surface area contributed by atoms with Crippen LogP contribution in [0.3, 0.4) is 0 Å². The van der Waals surface area contributed by atoms with Gasteiger partial charge < -0.3 is 10.8 Å². The normalized spacial score (nSPS) is 12.4. The molecule has 0 radical (unpaired) electrons. The minimum absolute atomic E-state index is 0.454. The minimum atomic E-state index is -0.454. The molecular weight excluding hydrogens is 210 g/mol. The van der Waals surface area contributed by atoms with Crippen LogP contribution in [0.4, 0.5) is 0 Å². The molecule has 0 aliphatic carbocycles. The molecule has 0 aromatic heterocycles. The van der Waals surface area contributed by atoms with Crippen molar-refractivity contribution in [2.45, 2.75) is 19.6 Å². The van der Waals surface area contributed by atoms with Crippen LogP contribution in [0.25, 0.3) is 11.1 Å². The second-order valence-electron chi connectivity index (χ2n) is 4.16. The molecule has 0 saturated carbocycles. The Morgan fingerprint density at radius 3 is 2.41 bits per heavy atom. The molecule has 2 aromatic rings. The van der Waals surface area contributed by atoms with Crippen LogP contribution in [0, 0.1) is 0 Å². The molecule has 3 N–H and O–H groups in total. The molecule has 0 heterocycles. The largest absolute Gasteiger partial charge is 0.389 e. The molecule has 88 valence electrons. The third-order valence-corrected chi connectivity index (χ3v) is 2.92. The first kappa shape index (κ1) is 11.8. The van der Waals surface area contributed by atoms with Crippen LogP contribution in [0.2, 0.25) is 0 Å². The fourth-order valence-electron chi connectivity index (χ4n) is 1.92. The van der Waals surface area contributed by atoms with Crippen molar-refractivity contribution in [1.29, 1.82) is 0 Å². The summed E-state index contributed by atoms with van der Waals surface area (Å²) in [5, 5.41) is 9.63. The van der Waals surface area contributed by atoms with Gasteiger partial charge in [-0.25, -0.2) is 0 Å². The summed E-state index contributed by atoms with van der Waals surface area (Å²) < 4.78 is 0. The zero-order valence-corrected chi connectivity index (χ0v) is 9.93. The van der Waals surface area contributed by atoms with Crippen molar-refractivity contribution in [3.63, 3.8) is 0 Å². The van der Waals surface area contributed by atoms with Crippen molar-refractivity contribution < 1.29 is 5.11 Å². The van der Waals surface area contributed by atoms with Crippen molar-refractivity contribution in [2.24, 2.45) is 5.73 Å². The van der Waals surface area contributed by atoms with Crippen molar-refractivity contribution in [2.75, 3.05) is 0 Å². The molecule has 0 aliphatic heterocycles. The van der Waals surface area contributed by atoms with Crippen molar-refractivity contribution in [3.05, 3.63) is 59.7 Å². The van der Waals surface area contributed by atoms with E-state index in [1.165, 1.54) is 0 Å². The number of hydrogen-bond acceptors (Lipinski definition) is 2. The molecule has 1 unspecified atom stereocenters. The Hall–Kier alpha value is -1.64. The molecular formula is C15H17NO. The van der Waals surface area contributed by atoms with Gasteiger partial charge in [-0.15, -0.1) is 0 Å². The van der Waals surface area contributed by atoms with Crippen LogP contribution in [-0.2, 0) is 6.54 Å². The first-order chi connectivity index (χ1) is 8.22. The fraction of sp³-hybridized carbons (Fsp3) is 0.200. The topological polar surface area (TPSA) is 46.2 Å². The maximum atomic E-state index is 9.63. The van der Waals surface area contributed by atoms with E-state index in [4.69, 9.17) is 5.73 Å². The smallest absolute Gasteiger partial charge is 0.0762 e. The van der Waals surface area contributed by atoms with Gasteiger partial charge in [-0.1, -0.05) is 42.5 Å². The van der Waals surface area contributed by atoms with Gasteiger partial charge in [0.15, 0.2) is 0 Å². The number of hydrogen-bond donors (Lipinski definition) is 2. The van der Waals surface area contributed by atoms with Crippen LogP contribution in [0.1, 0.15) is 24.2 Å². The SMILES string of the molecule is CC(O)c1ccc(CN)c(-c2ccccc2)c1. The van der Waals surface area contributed by atoms with E-state index in [0.717, 1.165) is 22.3 Å². The van der Waals surface area contributed by atoms with E-state index in [0.29, 0.717) is 6.54 Å². The van der Waals surface area contributed by atoms with Crippen LogP contribution < -0.4 is 5.73 Å². The molecule has 2 heteroatoms. The van der Waals surface area contributed by atoms with Gasteiger partial charge in [0.05, 0.1) is 6.10 Å². The highest BCUT2D eigenvalue weighted by atomic mass is 16.3. The Balaban J connectivity index is 2.54. The van der Waals surface area contributed by atoms with Crippen LogP contribution in [0.15, 0.2) is 48.5 Å². The molecule has 0 aliphatic rings. The quantitative estimate of drug-likeness (QED) is 0.847. The average Bonchev–Trinajstić information content (AvgIpc) is 2.39. The van der Waals surface area contributed by atoms with Crippen molar-refractivity contribution in [3.8, 4) is 11.1 Å². The summed E-state index contributed by atoms with van der Waals surface area (Å²) in [5.41, 5.74) is 10.0. The Morgan fingerprint density at radius 1 is 1.12 bits per heavy atom. The van der Waals surface area contributed by atoms with E-state index in [1.54, 1.807) is 6.92 Å². The summed E-state index contributed by atoms with van der Waals surface area (Å²) in [4.78, 5) is 0. The lowest BCUT2D eigenvalue weighted by Gasteiger charge is -2.12. The summed E-state index contributed by atoms with van der Waals surface area (Å²) in [6, 6.07) is 16.0. The van der Waals surface area contributed by atoms with Crippen molar-refractivity contribution in [1.82, 2.24) is 0 Å². The molecule has 2 nitrogen and oxygen atoms in total. The minimum Gasteiger partial charge on any atom is -0.389 e. The highest BCUT2D eigenvalue weighted by Gasteiger charge is 2.07. The molecule has 0 fully saturated rings. The van der Waals surface area contributed by atoms with Gasteiger partial charge in [0.2, 0.25) is 0 Å². The first-order valence-electron chi connectivity index (χ1n) is 5.78. The highest BCUT2D eigenvalue weighted by molar-refractivity contribution is 5.68. The number of aliphatic hydroxyl groups excluding tert-OH is 1. The third kappa shape index (κ3) is 2.54. The van der Waals surface area contributed by atoms with Gasteiger partial charge >= 0.3 is 0 Å². The van der Waals surface area contributed by atoms with Gasteiger partial charge in [-0.2, -0.15) is 0 Å². The highest BCUT2D eigenvalue weighted by Crippen LogP contribution is 2.26. The van der Waals surface area contributed by atoms with Gasteiger partial charge in [0, 0.05) is 6.54 Å². The molecule has 0 bridgehead atoms. The van der Waals surface area contributed by atoms with E-state index in [1.807, 2.05) is 36.4 Å². The standard InChI is InChI=1S/C15H17NO/c1-11(17)13-7-8-14(10-16)15(9-13)12-5-3-2-4-6-12/h2-9,11,17H,10,16H2,1H3. The van der Waals surface area contributed by atoms with Crippen LogP contribution >= 0.6 is 0 Å². The van der Waals surface area contributed by atoms with E-state index in [9.17, 15) is 5.11 Å². The van der Waals surface area contributed by atoms with Gasteiger partial charge in [-0.3, -0.25) is 0 Å². The second-order valence-corrected chi connectivity index (χ2v) is 4.16. The molecule has 0 amide bonds. The maximum Gasteiger partial charge on any atom is 0.0762 e. The molecule has 0 spiro atoms. The van der Waals surface area contributed by atoms with Crippen molar-refractivity contribution >= 4 is 0 Å². The number of rotatable bonds is 3. The summed E-state index contributed by atoms with van der Waals surface area (Å²) in [7, 11) is 0. The predicted molar refractivity (Wildman–Crippen MR) is 70.4 cm³/mol. The summed E-state index contributed by atoms with van der Waals surface area (Å²) in [6.07, 6.45) is -0.454. The average molecular weight is 227 g/mol. The van der Waals surface area contributed by atoms with Gasteiger partial charge in [0.25, 0.3) is 0 Å². The molecule has 17 heavy (non-hydrogen) atoms. The summed E-state index contributed by atoms with van der Waals surface area (Å²) >= 11 is 0. The fourth-order valence-corrected chi connectivity index (χ4v) is 1.92. The molecule has 2 rings (SSSR count). The first-order valence-corrected chi connectivity index (χ1v) is 5.78. The Bertz CT molecular complexity index is 492. The van der Waals surface area contributed by atoms with Crippen LogP contribution in [-0.4, -0.2) is 5.11 Å². The zero-order chi connectivity index (χ0) is 12.3. The summed E-state index contributed by atoms with van der Waals surface area (Å²) in [6.45, 7) is 2.27. The van der Waals surface area contributed by atoms with E-state index in [2.05, 4.69) is 12.1 Å². The Kier molecular flexibility index (Phi) is 3.57. The lowest BCUT2D eigenvalue weighted by atomic mass is 9.96. The van der Waals surface area contributed by atoms with E-state index < -0.39 is 6.10 Å². The van der Waals surface area contributed by atoms with Gasteiger partial charge in [0.1, 0.15) is 0 Å². The third-order valence-electron chi connectivity index (χ3n) is 2.92. The number of benzene rings is 2. The number of nitrogens with two attached hydrogens (primary N) is 1. The zero-order valence-electron chi connectivity index (χ0n) is 9.93. The summed E-state index contributed by atoms with van der Waals surface area (Å²) in [5.74, 6) is 0. The molecule has 1 atom stereocenters. The Morgan fingerprint density at radius 2 is 1.82 bits per heavy atom. The monoisotopic (exact) mass is 227 g/mol. The number of aliphatic hydroxyl groups is 1. The molecule has 0 saturated heterocycles. The predicted octanol–water partition coefficient (Wildman–Crippen LogP) is 2.87. The maximum absolute atomic E-state index is 9.63. The van der Waals surface area contributed by atoms with Gasteiger partial charge in [-0.05, 0) is 35.2 Å². The van der Waals surface area contributed by atoms with E-state index in [-0.39, 0.29) is 0 Å².